The van der Waals surface area contributed by atoms with Crippen molar-refractivity contribution in [2.45, 2.75) is 44.6 Å². The van der Waals surface area contributed by atoms with Crippen LogP contribution >= 0.6 is 0 Å². The van der Waals surface area contributed by atoms with Crippen molar-refractivity contribution in [2.75, 3.05) is 5.75 Å². The second-order valence-electron chi connectivity index (χ2n) is 6.44. The Bertz CT molecular complexity index is 823. The Kier molecular flexibility index (Phi) is 5.19. The number of aromatic nitrogens is 2. The van der Waals surface area contributed by atoms with Crippen molar-refractivity contribution < 1.29 is 17.2 Å². The molecule has 0 saturated heterocycles. The molecule has 0 amide bonds. The van der Waals surface area contributed by atoms with E-state index in [1.54, 1.807) is 6.92 Å². The minimum atomic E-state index is -3.18. The van der Waals surface area contributed by atoms with Crippen LogP contribution in [0.15, 0.2) is 24.3 Å². The molecule has 5 nitrogen and oxygen atoms in total. The summed E-state index contributed by atoms with van der Waals surface area (Å²) in [4.78, 5) is 0. The fourth-order valence-corrected chi connectivity index (χ4v) is 4.17. The average Bonchev–Trinajstić information content (AvgIpc) is 3.04. The van der Waals surface area contributed by atoms with E-state index in [2.05, 4.69) is 14.9 Å². The first-order valence-electron chi connectivity index (χ1n) is 8.38. The van der Waals surface area contributed by atoms with E-state index in [1.165, 1.54) is 12.1 Å². The highest BCUT2D eigenvalue weighted by Gasteiger charge is 2.26. The van der Waals surface area contributed by atoms with Crippen molar-refractivity contribution >= 4 is 10.0 Å². The Morgan fingerprint density at radius 2 is 1.76 bits per heavy atom. The highest BCUT2D eigenvalue weighted by Crippen LogP contribution is 2.33. The number of H-pyrrole nitrogens is 1. The van der Waals surface area contributed by atoms with Gasteiger partial charge in [-0.3, -0.25) is 5.10 Å². The van der Waals surface area contributed by atoms with Crippen LogP contribution in [0, 0.1) is 11.6 Å². The Hall–Kier alpha value is -1.80. The van der Waals surface area contributed by atoms with Gasteiger partial charge in [0.05, 0.1) is 11.4 Å². The first kappa shape index (κ1) is 18.0. The summed E-state index contributed by atoms with van der Waals surface area (Å²) in [5.41, 5.74) is 1.81. The van der Waals surface area contributed by atoms with Crippen LogP contribution in [0.25, 0.3) is 11.3 Å². The largest absolute Gasteiger partial charge is 0.282 e. The Balaban J connectivity index is 1.66. The van der Waals surface area contributed by atoms with Gasteiger partial charge < -0.3 is 0 Å². The third kappa shape index (κ3) is 4.43. The second-order valence-corrected chi connectivity index (χ2v) is 8.48. The second kappa shape index (κ2) is 7.21. The van der Waals surface area contributed by atoms with E-state index in [4.69, 9.17) is 0 Å². The molecule has 0 aliphatic heterocycles. The monoisotopic (exact) mass is 369 g/mol. The number of benzene rings is 1. The summed E-state index contributed by atoms with van der Waals surface area (Å²) in [5.74, 6) is -0.949. The van der Waals surface area contributed by atoms with E-state index in [9.17, 15) is 17.2 Å². The fraction of sp³-hybridized carbons (Fsp3) is 0.471. The van der Waals surface area contributed by atoms with Gasteiger partial charge in [-0.2, -0.15) is 5.10 Å². The maximum atomic E-state index is 13.3. The quantitative estimate of drug-likeness (QED) is 0.849. The molecule has 136 valence electrons. The molecular weight excluding hydrogens is 348 g/mol. The molecular formula is C17H21F2N3O2S. The molecule has 1 aromatic heterocycles. The van der Waals surface area contributed by atoms with E-state index in [-0.39, 0.29) is 17.7 Å². The fourth-order valence-electron chi connectivity index (χ4n) is 3.25. The van der Waals surface area contributed by atoms with Crippen molar-refractivity contribution in [1.82, 2.24) is 14.9 Å². The molecule has 8 heteroatoms. The van der Waals surface area contributed by atoms with Gasteiger partial charge in [-0.15, -0.1) is 0 Å². The highest BCUT2D eigenvalue weighted by atomic mass is 32.2. The van der Waals surface area contributed by atoms with Crippen LogP contribution in [0.1, 0.15) is 44.2 Å². The van der Waals surface area contributed by atoms with Gasteiger partial charge in [0.1, 0.15) is 11.6 Å². The zero-order chi connectivity index (χ0) is 18.0. The summed E-state index contributed by atoms with van der Waals surface area (Å²) >= 11 is 0. The molecule has 0 bridgehead atoms. The van der Waals surface area contributed by atoms with Crippen LogP contribution in [-0.2, 0) is 10.0 Å². The summed E-state index contributed by atoms with van der Waals surface area (Å²) in [7, 11) is -3.18. The van der Waals surface area contributed by atoms with Gasteiger partial charge in [0.2, 0.25) is 10.0 Å². The van der Waals surface area contributed by atoms with Crippen LogP contribution in [0.5, 0.6) is 0 Å². The lowest BCUT2D eigenvalue weighted by Gasteiger charge is -2.28. The molecule has 3 rings (SSSR count). The lowest BCUT2D eigenvalue weighted by atomic mass is 9.84. The first-order chi connectivity index (χ1) is 11.9. The van der Waals surface area contributed by atoms with Crippen LogP contribution in [0.2, 0.25) is 0 Å². The van der Waals surface area contributed by atoms with Crippen molar-refractivity contribution in [2.24, 2.45) is 0 Å². The number of aromatic amines is 1. The SMILES string of the molecule is CCS(=O)(=O)N[C@H]1CC[C@H](c2cc(-c3cc(F)cc(F)c3)n[nH]2)CC1. The van der Waals surface area contributed by atoms with Gasteiger partial charge in [-0.1, -0.05) is 0 Å². The molecule has 0 radical (unpaired) electrons. The van der Waals surface area contributed by atoms with E-state index < -0.39 is 21.7 Å². The van der Waals surface area contributed by atoms with Gasteiger partial charge in [0.15, 0.2) is 0 Å². The van der Waals surface area contributed by atoms with Gasteiger partial charge in [0, 0.05) is 29.3 Å². The summed E-state index contributed by atoms with van der Waals surface area (Å²) in [6.07, 6.45) is 3.17. The number of sulfonamides is 1. The number of hydrogen-bond acceptors (Lipinski definition) is 3. The van der Waals surface area contributed by atoms with E-state index in [0.717, 1.165) is 37.4 Å². The van der Waals surface area contributed by atoms with Crippen LogP contribution in [-0.4, -0.2) is 30.4 Å². The van der Waals surface area contributed by atoms with Crippen LogP contribution in [0.4, 0.5) is 8.78 Å². The molecule has 1 aliphatic carbocycles. The summed E-state index contributed by atoms with van der Waals surface area (Å²) in [6, 6.07) is 5.12. The first-order valence-corrected chi connectivity index (χ1v) is 10.0. The maximum absolute atomic E-state index is 13.3. The van der Waals surface area contributed by atoms with Crippen LogP contribution < -0.4 is 4.72 Å². The minimum Gasteiger partial charge on any atom is -0.282 e. The standard InChI is InChI=1S/C17H21F2N3O2S/c1-2-25(23,24)22-15-5-3-11(4-6-15)16-10-17(21-20-16)12-7-13(18)9-14(19)8-12/h7-11,15,22H,2-6H2,1H3,(H,20,21)/t11-,15-. The van der Waals surface area contributed by atoms with Crippen molar-refractivity contribution in [3.05, 3.63) is 41.6 Å². The third-order valence-corrected chi connectivity index (χ3v) is 6.10. The van der Waals surface area contributed by atoms with E-state index >= 15 is 0 Å². The molecule has 1 aliphatic rings. The topological polar surface area (TPSA) is 74.8 Å². The smallest absolute Gasteiger partial charge is 0.211 e. The van der Waals surface area contributed by atoms with E-state index in [0.29, 0.717) is 11.3 Å². The molecule has 25 heavy (non-hydrogen) atoms. The number of rotatable bonds is 5. The summed E-state index contributed by atoms with van der Waals surface area (Å²) in [6.45, 7) is 1.62. The van der Waals surface area contributed by atoms with Crippen molar-refractivity contribution in [1.29, 1.82) is 0 Å². The van der Waals surface area contributed by atoms with E-state index in [1.807, 2.05) is 6.07 Å². The number of hydrogen-bond donors (Lipinski definition) is 2. The van der Waals surface area contributed by atoms with Gasteiger partial charge >= 0.3 is 0 Å². The number of halogens is 2. The predicted octanol–water partition coefficient (Wildman–Crippen LogP) is 3.32. The number of nitrogens with zero attached hydrogens (tertiary/aromatic N) is 1. The predicted molar refractivity (Wildman–Crippen MR) is 91.5 cm³/mol. The molecule has 2 N–H and O–H groups in total. The molecule has 2 aromatic rings. The molecule has 0 atom stereocenters. The molecule has 1 fully saturated rings. The number of nitrogens with one attached hydrogen (secondary N) is 2. The van der Waals surface area contributed by atoms with Gasteiger partial charge in [-0.25, -0.2) is 21.9 Å². The molecule has 1 heterocycles. The zero-order valence-electron chi connectivity index (χ0n) is 13.9. The normalized spacial score (nSPS) is 21.4. The van der Waals surface area contributed by atoms with Crippen LogP contribution in [0.3, 0.4) is 0 Å². The lowest BCUT2D eigenvalue weighted by Crippen LogP contribution is -2.38. The molecule has 0 unspecified atom stereocenters. The molecule has 0 spiro atoms. The average molecular weight is 369 g/mol. The lowest BCUT2D eigenvalue weighted by molar-refractivity contribution is 0.370. The minimum absolute atomic E-state index is 0.0269. The Labute approximate surface area is 145 Å². The molecule has 1 saturated carbocycles. The van der Waals surface area contributed by atoms with Gasteiger partial charge in [-0.05, 0) is 50.8 Å². The zero-order valence-corrected chi connectivity index (χ0v) is 14.7. The maximum Gasteiger partial charge on any atom is 0.211 e. The van der Waals surface area contributed by atoms with Crippen molar-refractivity contribution in [3.8, 4) is 11.3 Å². The summed E-state index contributed by atoms with van der Waals surface area (Å²) < 4.78 is 52.7. The molecule has 1 aromatic carbocycles. The Morgan fingerprint density at radius 3 is 2.36 bits per heavy atom. The third-order valence-electron chi connectivity index (χ3n) is 4.65. The van der Waals surface area contributed by atoms with Crippen molar-refractivity contribution in [3.63, 3.8) is 0 Å². The van der Waals surface area contributed by atoms with Gasteiger partial charge in [0.25, 0.3) is 0 Å². The summed E-state index contributed by atoms with van der Waals surface area (Å²) in [5, 5.41) is 7.12. The Morgan fingerprint density at radius 1 is 1.12 bits per heavy atom. The highest BCUT2D eigenvalue weighted by molar-refractivity contribution is 7.89.